The number of nitrogens with one attached hydrogen (secondary N) is 3. The first-order chi connectivity index (χ1) is 9.08. The molecule has 0 aliphatic heterocycles. The van der Waals surface area contributed by atoms with E-state index >= 15 is 0 Å². The summed E-state index contributed by atoms with van der Waals surface area (Å²) in [5.41, 5.74) is 1.91. The van der Waals surface area contributed by atoms with Crippen LogP contribution in [0.3, 0.4) is 0 Å². The molecule has 6 nitrogen and oxygen atoms in total. The summed E-state index contributed by atoms with van der Waals surface area (Å²) >= 11 is 0. The van der Waals surface area contributed by atoms with Crippen molar-refractivity contribution in [2.45, 2.75) is 13.8 Å². The number of carbonyl (C=O) groups is 2. The fourth-order valence-electron chi connectivity index (χ4n) is 1.50. The standard InChI is InChI=1S/C13H19N3O3/c1-3-14-12(18)10-5-4-9(2)11(8-10)16-13(19)15-6-7-17/h4-5,8,17H,3,6-7H2,1-2H3,(H,14,18)(H2,15,16,19). The molecule has 0 bridgehead atoms. The van der Waals surface area contributed by atoms with Crippen molar-refractivity contribution in [3.8, 4) is 0 Å². The van der Waals surface area contributed by atoms with Gasteiger partial charge in [-0.25, -0.2) is 4.79 Å². The molecule has 0 saturated carbocycles. The van der Waals surface area contributed by atoms with Gasteiger partial charge in [-0.2, -0.15) is 0 Å². The summed E-state index contributed by atoms with van der Waals surface area (Å²) in [6.07, 6.45) is 0. The molecule has 19 heavy (non-hydrogen) atoms. The largest absolute Gasteiger partial charge is 0.395 e. The van der Waals surface area contributed by atoms with Crippen LogP contribution in [0.25, 0.3) is 0 Å². The second kappa shape index (κ2) is 7.38. The second-order valence-electron chi connectivity index (χ2n) is 3.99. The van der Waals surface area contributed by atoms with Crippen molar-refractivity contribution in [1.29, 1.82) is 0 Å². The van der Waals surface area contributed by atoms with E-state index in [1.165, 1.54) is 0 Å². The van der Waals surface area contributed by atoms with E-state index in [-0.39, 0.29) is 19.1 Å². The van der Waals surface area contributed by atoms with Crippen molar-refractivity contribution >= 4 is 17.6 Å². The maximum atomic E-state index is 11.7. The molecular formula is C13H19N3O3. The molecular weight excluding hydrogens is 246 g/mol. The lowest BCUT2D eigenvalue weighted by molar-refractivity contribution is 0.0956. The van der Waals surface area contributed by atoms with Crippen molar-refractivity contribution in [3.63, 3.8) is 0 Å². The molecule has 4 N–H and O–H groups in total. The quantitative estimate of drug-likeness (QED) is 0.636. The first-order valence-electron chi connectivity index (χ1n) is 6.13. The Morgan fingerprint density at radius 2 is 2.00 bits per heavy atom. The number of amides is 3. The minimum Gasteiger partial charge on any atom is -0.395 e. The minimum atomic E-state index is -0.412. The molecule has 0 aromatic heterocycles. The highest BCUT2D eigenvalue weighted by Gasteiger charge is 2.09. The molecule has 0 unspecified atom stereocenters. The van der Waals surface area contributed by atoms with Gasteiger partial charge in [-0.3, -0.25) is 4.79 Å². The van der Waals surface area contributed by atoms with Crippen LogP contribution in [0.4, 0.5) is 10.5 Å². The van der Waals surface area contributed by atoms with Crippen LogP contribution in [0, 0.1) is 6.92 Å². The molecule has 0 spiro atoms. The molecule has 6 heteroatoms. The number of urea groups is 1. The lowest BCUT2D eigenvalue weighted by atomic mass is 10.1. The van der Waals surface area contributed by atoms with Crippen LogP contribution in [0.2, 0.25) is 0 Å². The third kappa shape index (κ3) is 4.59. The number of hydrogen-bond donors (Lipinski definition) is 4. The average Bonchev–Trinajstić information content (AvgIpc) is 2.39. The van der Waals surface area contributed by atoms with E-state index < -0.39 is 6.03 Å². The van der Waals surface area contributed by atoms with E-state index in [0.717, 1.165) is 5.56 Å². The van der Waals surface area contributed by atoms with Crippen molar-refractivity contribution < 1.29 is 14.7 Å². The van der Waals surface area contributed by atoms with Gasteiger partial charge >= 0.3 is 6.03 Å². The van der Waals surface area contributed by atoms with Gasteiger partial charge in [0.25, 0.3) is 5.91 Å². The highest BCUT2D eigenvalue weighted by molar-refractivity contribution is 5.97. The SMILES string of the molecule is CCNC(=O)c1ccc(C)c(NC(=O)NCCO)c1. The highest BCUT2D eigenvalue weighted by Crippen LogP contribution is 2.16. The monoisotopic (exact) mass is 265 g/mol. The van der Waals surface area contributed by atoms with Gasteiger partial charge in [0.2, 0.25) is 0 Å². The molecule has 1 aromatic rings. The lowest BCUT2D eigenvalue weighted by Crippen LogP contribution is -2.31. The number of anilines is 1. The van der Waals surface area contributed by atoms with Crippen LogP contribution >= 0.6 is 0 Å². The van der Waals surface area contributed by atoms with E-state index in [9.17, 15) is 9.59 Å². The van der Waals surface area contributed by atoms with Crippen LogP contribution < -0.4 is 16.0 Å². The Morgan fingerprint density at radius 1 is 1.26 bits per heavy atom. The van der Waals surface area contributed by atoms with Gasteiger partial charge in [-0.15, -0.1) is 0 Å². The number of carbonyl (C=O) groups excluding carboxylic acids is 2. The van der Waals surface area contributed by atoms with Gasteiger partial charge in [0.15, 0.2) is 0 Å². The van der Waals surface area contributed by atoms with Crippen molar-refractivity contribution in [1.82, 2.24) is 10.6 Å². The van der Waals surface area contributed by atoms with Crippen LogP contribution in [0.15, 0.2) is 18.2 Å². The maximum Gasteiger partial charge on any atom is 0.319 e. The Morgan fingerprint density at radius 3 is 2.63 bits per heavy atom. The highest BCUT2D eigenvalue weighted by atomic mass is 16.3. The van der Waals surface area contributed by atoms with Crippen molar-refractivity contribution in [3.05, 3.63) is 29.3 Å². The number of aliphatic hydroxyl groups excluding tert-OH is 1. The summed E-state index contributed by atoms with van der Waals surface area (Å²) in [6, 6.07) is 4.69. The Balaban J connectivity index is 2.79. The molecule has 0 saturated heterocycles. The minimum absolute atomic E-state index is 0.120. The zero-order valence-corrected chi connectivity index (χ0v) is 11.1. The van der Waals surface area contributed by atoms with Crippen molar-refractivity contribution in [2.75, 3.05) is 25.0 Å². The summed E-state index contributed by atoms with van der Waals surface area (Å²) in [4.78, 5) is 23.2. The van der Waals surface area contributed by atoms with Crippen molar-refractivity contribution in [2.24, 2.45) is 0 Å². The molecule has 3 amide bonds. The fraction of sp³-hybridized carbons (Fsp3) is 0.385. The number of aryl methyl sites for hydroxylation is 1. The Bertz CT molecular complexity index is 460. The molecule has 0 atom stereocenters. The number of rotatable bonds is 5. The smallest absolute Gasteiger partial charge is 0.319 e. The molecule has 0 aliphatic carbocycles. The molecule has 0 heterocycles. The van der Waals surface area contributed by atoms with Gasteiger partial charge in [-0.1, -0.05) is 6.07 Å². The van der Waals surface area contributed by atoms with E-state index in [0.29, 0.717) is 17.8 Å². The predicted molar refractivity (Wildman–Crippen MR) is 73.3 cm³/mol. The molecule has 0 aliphatic rings. The number of hydrogen-bond acceptors (Lipinski definition) is 3. The van der Waals surface area contributed by atoms with Crippen LogP contribution in [0.1, 0.15) is 22.8 Å². The average molecular weight is 265 g/mol. The maximum absolute atomic E-state index is 11.7. The topological polar surface area (TPSA) is 90.5 Å². The van der Waals surface area contributed by atoms with Gasteiger partial charge in [0.1, 0.15) is 0 Å². The summed E-state index contributed by atoms with van der Waals surface area (Å²) < 4.78 is 0. The van der Waals surface area contributed by atoms with Crippen LogP contribution in [-0.2, 0) is 0 Å². The van der Waals surface area contributed by atoms with Gasteiger partial charge in [0.05, 0.1) is 6.61 Å². The van der Waals surface area contributed by atoms with Crippen LogP contribution in [-0.4, -0.2) is 36.7 Å². The fourth-order valence-corrected chi connectivity index (χ4v) is 1.50. The van der Waals surface area contributed by atoms with Gasteiger partial charge < -0.3 is 21.1 Å². The number of aliphatic hydroxyl groups is 1. The third-order valence-electron chi connectivity index (χ3n) is 2.48. The van der Waals surface area contributed by atoms with E-state index in [1.807, 2.05) is 13.8 Å². The van der Waals surface area contributed by atoms with Gasteiger partial charge in [-0.05, 0) is 31.5 Å². The molecule has 0 radical (unpaired) electrons. The first-order valence-corrected chi connectivity index (χ1v) is 6.13. The van der Waals surface area contributed by atoms with Gasteiger partial charge in [0, 0.05) is 24.3 Å². The van der Waals surface area contributed by atoms with E-state index in [4.69, 9.17) is 5.11 Å². The predicted octanol–water partition coefficient (Wildman–Crippen LogP) is 0.859. The van der Waals surface area contributed by atoms with E-state index in [2.05, 4.69) is 16.0 Å². The summed E-state index contributed by atoms with van der Waals surface area (Å²) in [5, 5.41) is 16.4. The first kappa shape index (κ1) is 15.0. The summed E-state index contributed by atoms with van der Waals surface area (Å²) in [6.45, 7) is 4.29. The third-order valence-corrected chi connectivity index (χ3v) is 2.48. The zero-order valence-electron chi connectivity index (χ0n) is 11.1. The molecule has 1 aromatic carbocycles. The summed E-state index contributed by atoms with van der Waals surface area (Å²) in [5.74, 6) is -0.179. The Kier molecular flexibility index (Phi) is 5.81. The Labute approximate surface area is 112 Å². The van der Waals surface area contributed by atoms with Crippen LogP contribution in [0.5, 0.6) is 0 Å². The Hall–Kier alpha value is -2.08. The molecule has 104 valence electrons. The molecule has 0 fully saturated rings. The second-order valence-corrected chi connectivity index (χ2v) is 3.99. The molecule has 1 rings (SSSR count). The zero-order chi connectivity index (χ0) is 14.3. The lowest BCUT2D eigenvalue weighted by Gasteiger charge is -2.11. The summed E-state index contributed by atoms with van der Waals surface area (Å²) in [7, 11) is 0. The number of benzene rings is 1. The van der Waals surface area contributed by atoms with E-state index in [1.54, 1.807) is 18.2 Å². The normalized spacial score (nSPS) is 9.84.